The number of pyridine rings is 1. The molecule has 0 bridgehead atoms. The summed E-state index contributed by atoms with van der Waals surface area (Å²) in [6, 6.07) is 12.9. The molecule has 18 heavy (non-hydrogen) atoms. The number of anilines is 2. The Kier molecular flexibility index (Phi) is 2.96. The van der Waals surface area contributed by atoms with E-state index < -0.39 is 0 Å². The summed E-state index contributed by atoms with van der Waals surface area (Å²) in [7, 11) is 0. The quantitative estimate of drug-likeness (QED) is 0.762. The van der Waals surface area contributed by atoms with E-state index in [0.29, 0.717) is 11.1 Å². The number of fused-ring (bicyclic) bond motifs is 1. The van der Waals surface area contributed by atoms with Gasteiger partial charge in [0.2, 0.25) is 0 Å². The van der Waals surface area contributed by atoms with E-state index >= 15 is 0 Å². The number of aromatic nitrogens is 1. The maximum Gasteiger partial charge on any atom is 0.133 e. The Labute approximate surface area is 112 Å². The van der Waals surface area contributed by atoms with Crippen LogP contribution >= 0.6 is 11.6 Å². The van der Waals surface area contributed by atoms with Gasteiger partial charge in [0.1, 0.15) is 5.82 Å². The van der Waals surface area contributed by atoms with Crippen LogP contribution in [0.25, 0.3) is 0 Å². The standard InChI is InChI=1S/C15H15ClN2/c1-11-6-7-12-4-2-3-5-14(12)18(11)15-9-8-13(16)10-17-15/h2-5,8-11H,6-7H2,1H3. The van der Waals surface area contributed by atoms with Crippen molar-refractivity contribution in [1.82, 2.24) is 4.98 Å². The highest BCUT2D eigenvalue weighted by Crippen LogP contribution is 2.35. The zero-order valence-corrected chi connectivity index (χ0v) is 11.1. The third-order valence-corrected chi connectivity index (χ3v) is 3.71. The number of nitrogens with zero attached hydrogens (tertiary/aromatic N) is 2. The Morgan fingerprint density at radius 2 is 2.06 bits per heavy atom. The topological polar surface area (TPSA) is 16.1 Å². The van der Waals surface area contributed by atoms with Gasteiger partial charge >= 0.3 is 0 Å². The van der Waals surface area contributed by atoms with Gasteiger partial charge in [-0.3, -0.25) is 0 Å². The number of hydrogen-bond donors (Lipinski definition) is 0. The van der Waals surface area contributed by atoms with E-state index in [1.165, 1.54) is 11.3 Å². The summed E-state index contributed by atoms with van der Waals surface area (Å²) in [4.78, 5) is 6.75. The van der Waals surface area contributed by atoms with Crippen LogP contribution in [0.15, 0.2) is 42.6 Å². The van der Waals surface area contributed by atoms with Crippen LogP contribution in [0, 0.1) is 0 Å². The van der Waals surface area contributed by atoms with E-state index in [-0.39, 0.29) is 0 Å². The van der Waals surface area contributed by atoms with Gasteiger partial charge < -0.3 is 4.90 Å². The van der Waals surface area contributed by atoms with Gasteiger partial charge in [-0.05, 0) is 43.5 Å². The highest BCUT2D eigenvalue weighted by molar-refractivity contribution is 6.30. The minimum absolute atomic E-state index is 0.466. The molecule has 1 aliphatic rings. The second-order valence-corrected chi connectivity index (χ2v) is 5.16. The first-order chi connectivity index (χ1) is 8.75. The molecular formula is C15H15ClN2. The molecule has 1 aromatic heterocycles. The summed E-state index contributed by atoms with van der Waals surface area (Å²) < 4.78 is 0. The predicted molar refractivity (Wildman–Crippen MR) is 75.6 cm³/mol. The smallest absolute Gasteiger partial charge is 0.133 e. The average molecular weight is 259 g/mol. The monoisotopic (exact) mass is 258 g/mol. The summed E-state index contributed by atoms with van der Waals surface area (Å²) >= 11 is 5.91. The SMILES string of the molecule is CC1CCc2ccccc2N1c1ccc(Cl)cn1. The zero-order valence-electron chi connectivity index (χ0n) is 10.3. The fourth-order valence-corrected chi connectivity index (χ4v) is 2.66. The molecule has 0 aliphatic carbocycles. The normalized spacial score (nSPS) is 18.6. The summed E-state index contributed by atoms with van der Waals surface area (Å²) in [5.74, 6) is 0.971. The van der Waals surface area contributed by atoms with Crippen LogP contribution in [-0.2, 0) is 6.42 Å². The second-order valence-electron chi connectivity index (χ2n) is 4.72. The molecule has 3 rings (SSSR count). The molecule has 3 heteroatoms. The molecule has 0 fully saturated rings. The number of para-hydroxylation sites is 1. The first-order valence-corrected chi connectivity index (χ1v) is 6.62. The van der Waals surface area contributed by atoms with Gasteiger partial charge in [0.25, 0.3) is 0 Å². The Bertz CT molecular complexity index is 551. The number of benzene rings is 1. The molecule has 0 amide bonds. The maximum atomic E-state index is 5.91. The number of aryl methyl sites for hydroxylation is 1. The van der Waals surface area contributed by atoms with Crippen molar-refractivity contribution in [2.24, 2.45) is 0 Å². The van der Waals surface area contributed by atoms with Crippen molar-refractivity contribution in [3.8, 4) is 0 Å². The molecule has 0 spiro atoms. The van der Waals surface area contributed by atoms with Gasteiger partial charge in [-0.25, -0.2) is 4.98 Å². The van der Waals surface area contributed by atoms with Crippen LogP contribution in [0.4, 0.5) is 11.5 Å². The predicted octanol–water partition coefficient (Wildman–Crippen LogP) is 4.21. The summed E-state index contributed by atoms with van der Waals surface area (Å²) in [5, 5.41) is 0.677. The van der Waals surface area contributed by atoms with Crippen molar-refractivity contribution in [3.63, 3.8) is 0 Å². The van der Waals surface area contributed by atoms with Crippen LogP contribution < -0.4 is 4.90 Å². The Morgan fingerprint density at radius 3 is 2.83 bits per heavy atom. The van der Waals surface area contributed by atoms with E-state index in [4.69, 9.17) is 11.6 Å². The molecule has 0 saturated heterocycles. The van der Waals surface area contributed by atoms with Crippen molar-refractivity contribution in [2.45, 2.75) is 25.8 Å². The van der Waals surface area contributed by atoms with Gasteiger partial charge in [0, 0.05) is 17.9 Å². The van der Waals surface area contributed by atoms with Crippen LogP contribution in [0.1, 0.15) is 18.9 Å². The lowest BCUT2D eigenvalue weighted by Gasteiger charge is -2.36. The number of rotatable bonds is 1. The van der Waals surface area contributed by atoms with Gasteiger partial charge in [-0.1, -0.05) is 29.8 Å². The van der Waals surface area contributed by atoms with Crippen LogP contribution in [-0.4, -0.2) is 11.0 Å². The minimum Gasteiger partial charge on any atom is -0.323 e. The van der Waals surface area contributed by atoms with Gasteiger partial charge in [-0.2, -0.15) is 0 Å². The van der Waals surface area contributed by atoms with Crippen molar-refractivity contribution in [2.75, 3.05) is 4.90 Å². The molecule has 92 valence electrons. The third-order valence-electron chi connectivity index (χ3n) is 3.48. The summed E-state index contributed by atoms with van der Waals surface area (Å²) in [6.07, 6.45) is 4.00. The average Bonchev–Trinajstić information content (AvgIpc) is 2.40. The lowest BCUT2D eigenvalue weighted by Crippen LogP contribution is -2.33. The Hall–Kier alpha value is -1.54. The highest BCUT2D eigenvalue weighted by atomic mass is 35.5. The fourth-order valence-electron chi connectivity index (χ4n) is 2.55. The lowest BCUT2D eigenvalue weighted by atomic mass is 9.96. The molecule has 2 aromatic rings. The zero-order chi connectivity index (χ0) is 12.5. The van der Waals surface area contributed by atoms with Crippen molar-refractivity contribution in [1.29, 1.82) is 0 Å². The molecule has 2 nitrogen and oxygen atoms in total. The number of halogens is 1. The molecule has 0 N–H and O–H groups in total. The molecule has 0 radical (unpaired) electrons. The first-order valence-electron chi connectivity index (χ1n) is 6.24. The first kappa shape index (κ1) is 11.5. The van der Waals surface area contributed by atoms with Crippen molar-refractivity contribution >= 4 is 23.1 Å². The highest BCUT2D eigenvalue weighted by Gasteiger charge is 2.24. The second kappa shape index (κ2) is 4.62. The Morgan fingerprint density at radius 1 is 1.22 bits per heavy atom. The van der Waals surface area contributed by atoms with Crippen LogP contribution in [0.3, 0.4) is 0 Å². The molecule has 1 aliphatic heterocycles. The summed E-state index contributed by atoms with van der Waals surface area (Å²) in [5.41, 5.74) is 2.67. The molecule has 1 atom stereocenters. The van der Waals surface area contributed by atoms with Gasteiger partial charge in [0.05, 0.1) is 5.02 Å². The fraction of sp³-hybridized carbons (Fsp3) is 0.267. The van der Waals surface area contributed by atoms with E-state index in [1.807, 2.05) is 12.1 Å². The molecule has 2 heterocycles. The molecule has 1 unspecified atom stereocenters. The van der Waals surface area contributed by atoms with E-state index in [9.17, 15) is 0 Å². The Balaban J connectivity index is 2.07. The maximum absolute atomic E-state index is 5.91. The molecule has 1 aromatic carbocycles. The third kappa shape index (κ3) is 1.97. The van der Waals surface area contributed by atoms with Crippen LogP contribution in [0.2, 0.25) is 5.02 Å². The molecular weight excluding hydrogens is 244 g/mol. The molecule has 0 saturated carbocycles. The van der Waals surface area contributed by atoms with Crippen molar-refractivity contribution < 1.29 is 0 Å². The van der Waals surface area contributed by atoms with E-state index in [2.05, 4.69) is 41.1 Å². The van der Waals surface area contributed by atoms with Crippen LogP contribution in [0.5, 0.6) is 0 Å². The van der Waals surface area contributed by atoms with Crippen molar-refractivity contribution in [3.05, 3.63) is 53.2 Å². The van der Waals surface area contributed by atoms with Gasteiger partial charge in [0.15, 0.2) is 0 Å². The lowest BCUT2D eigenvalue weighted by molar-refractivity contribution is 0.613. The largest absolute Gasteiger partial charge is 0.323 e. The van der Waals surface area contributed by atoms with Gasteiger partial charge in [-0.15, -0.1) is 0 Å². The van der Waals surface area contributed by atoms with E-state index in [0.717, 1.165) is 18.7 Å². The minimum atomic E-state index is 0.466. The summed E-state index contributed by atoms with van der Waals surface area (Å²) in [6.45, 7) is 2.24. The number of hydrogen-bond acceptors (Lipinski definition) is 2. The van der Waals surface area contributed by atoms with E-state index in [1.54, 1.807) is 6.20 Å².